The maximum atomic E-state index is 13.0. The summed E-state index contributed by atoms with van der Waals surface area (Å²) in [6, 6.07) is 4.16. The van der Waals surface area contributed by atoms with E-state index in [9.17, 15) is 22.7 Å². The van der Waals surface area contributed by atoms with Crippen LogP contribution in [0.4, 0.5) is 4.39 Å². The molecular formula is C15H10FN3O5S. The molecule has 0 bridgehead atoms. The van der Waals surface area contributed by atoms with Crippen molar-refractivity contribution in [1.29, 1.82) is 0 Å². The fourth-order valence-electron chi connectivity index (χ4n) is 2.02. The van der Waals surface area contributed by atoms with Gasteiger partial charge in [0, 0.05) is 6.08 Å². The van der Waals surface area contributed by atoms with E-state index in [2.05, 4.69) is 15.2 Å². The Morgan fingerprint density at radius 3 is 2.60 bits per heavy atom. The summed E-state index contributed by atoms with van der Waals surface area (Å²) in [6.45, 7) is 0. The number of aromatic amines is 1. The number of benzene rings is 1. The van der Waals surface area contributed by atoms with Crippen molar-refractivity contribution in [1.82, 2.24) is 15.2 Å². The molecule has 3 rings (SSSR count). The molecule has 0 saturated carbocycles. The largest absolute Gasteiger partial charge is 0.507 e. The maximum absolute atomic E-state index is 13.0. The van der Waals surface area contributed by atoms with Crippen LogP contribution in [0.15, 0.2) is 63.4 Å². The number of H-pyrrole nitrogens is 1. The molecule has 0 unspecified atom stereocenters. The number of halogens is 1. The standard InChI is InChI=1S/C15H10FN3O5S/c16-9-1-3-10(4-2-9)25(22,23)14-7-24-6-11(14)12(20)5-13(21)15-17-8-18-19-15/h1-8,20H,(H,17,18,19). The monoisotopic (exact) mass is 363 g/mol. The van der Waals surface area contributed by atoms with Crippen LogP contribution in [0.2, 0.25) is 0 Å². The van der Waals surface area contributed by atoms with Gasteiger partial charge in [-0.25, -0.2) is 17.8 Å². The van der Waals surface area contributed by atoms with Gasteiger partial charge in [-0.1, -0.05) is 0 Å². The quantitative estimate of drug-likeness (QED) is 0.308. The number of hydrogen-bond donors (Lipinski definition) is 2. The molecule has 2 N–H and O–H groups in total. The fourth-order valence-corrected chi connectivity index (χ4v) is 3.39. The molecule has 0 radical (unpaired) electrons. The van der Waals surface area contributed by atoms with Crippen molar-refractivity contribution >= 4 is 21.4 Å². The number of furan rings is 1. The lowest BCUT2D eigenvalue weighted by Gasteiger charge is -2.04. The molecule has 0 spiro atoms. The molecule has 0 aliphatic carbocycles. The van der Waals surface area contributed by atoms with Gasteiger partial charge in [0.05, 0.1) is 10.5 Å². The summed E-state index contributed by atoms with van der Waals surface area (Å²) in [5.74, 6) is -2.05. The lowest BCUT2D eigenvalue weighted by molar-refractivity contribution is 0.103. The van der Waals surface area contributed by atoms with Crippen molar-refractivity contribution in [2.45, 2.75) is 9.79 Å². The number of nitrogens with one attached hydrogen (secondary N) is 1. The highest BCUT2D eigenvalue weighted by Crippen LogP contribution is 2.29. The number of carbonyl (C=O) groups excluding carboxylic acids is 1. The summed E-state index contributed by atoms with van der Waals surface area (Å²) in [6.07, 6.45) is 3.79. The topological polar surface area (TPSA) is 126 Å². The first-order valence-corrected chi connectivity index (χ1v) is 8.25. The van der Waals surface area contributed by atoms with Crippen molar-refractivity contribution in [3.63, 3.8) is 0 Å². The number of aliphatic hydroxyl groups excluding tert-OH is 1. The van der Waals surface area contributed by atoms with Crippen molar-refractivity contribution < 1.29 is 27.1 Å². The minimum absolute atomic E-state index is 0.127. The summed E-state index contributed by atoms with van der Waals surface area (Å²) in [4.78, 5) is 15.0. The molecule has 1 aromatic carbocycles. The highest BCUT2D eigenvalue weighted by Gasteiger charge is 2.25. The molecule has 128 valence electrons. The van der Waals surface area contributed by atoms with Gasteiger partial charge in [0.1, 0.15) is 35.3 Å². The molecule has 0 aliphatic rings. The van der Waals surface area contributed by atoms with Gasteiger partial charge in [-0.3, -0.25) is 9.89 Å². The number of sulfone groups is 1. The Hall–Kier alpha value is -3.27. The molecule has 10 heteroatoms. The Morgan fingerprint density at radius 1 is 1.24 bits per heavy atom. The van der Waals surface area contributed by atoms with Crippen LogP contribution in [0.25, 0.3) is 5.76 Å². The zero-order valence-corrected chi connectivity index (χ0v) is 13.2. The normalized spacial score (nSPS) is 12.3. The van der Waals surface area contributed by atoms with Crippen molar-refractivity contribution in [2.24, 2.45) is 0 Å². The number of ketones is 1. The Morgan fingerprint density at radius 2 is 1.96 bits per heavy atom. The van der Waals surface area contributed by atoms with E-state index < -0.39 is 27.2 Å². The first-order chi connectivity index (χ1) is 11.9. The lowest BCUT2D eigenvalue weighted by atomic mass is 10.2. The van der Waals surface area contributed by atoms with Gasteiger partial charge in [-0.15, -0.1) is 0 Å². The van der Waals surface area contributed by atoms with E-state index in [1.54, 1.807) is 0 Å². The van der Waals surface area contributed by atoms with Gasteiger partial charge in [0.2, 0.25) is 15.6 Å². The molecule has 0 aliphatic heterocycles. The minimum atomic E-state index is -4.09. The van der Waals surface area contributed by atoms with Gasteiger partial charge < -0.3 is 9.52 Å². The summed E-state index contributed by atoms with van der Waals surface area (Å²) >= 11 is 0. The van der Waals surface area contributed by atoms with Crippen LogP contribution in [0.3, 0.4) is 0 Å². The highest BCUT2D eigenvalue weighted by atomic mass is 32.2. The SMILES string of the molecule is O=C(C=C(O)c1cocc1S(=O)(=O)c1ccc(F)cc1)c1ncn[nH]1. The van der Waals surface area contributed by atoms with E-state index in [1.807, 2.05) is 0 Å². The average Bonchev–Trinajstić information content (AvgIpc) is 3.27. The Kier molecular flexibility index (Phi) is 4.19. The van der Waals surface area contributed by atoms with Gasteiger partial charge in [0.25, 0.3) is 0 Å². The van der Waals surface area contributed by atoms with Gasteiger partial charge in [-0.05, 0) is 24.3 Å². The van der Waals surface area contributed by atoms with Crippen molar-refractivity contribution in [2.75, 3.05) is 0 Å². The van der Waals surface area contributed by atoms with Gasteiger partial charge in [0.15, 0.2) is 5.82 Å². The third kappa shape index (κ3) is 3.19. The molecule has 0 atom stereocenters. The van der Waals surface area contributed by atoms with Crippen LogP contribution in [-0.4, -0.2) is 34.5 Å². The first-order valence-electron chi connectivity index (χ1n) is 6.77. The molecule has 3 aromatic rings. The van der Waals surface area contributed by atoms with E-state index in [-0.39, 0.29) is 21.2 Å². The van der Waals surface area contributed by atoms with Crippen LogP contribution >= 0.6 is 0 Å². The van der Waals surface area contributed by atoms with Gasteiger partial charge >= 0.3 is 0 Å². The molecule has 0 fully saturated rings. The Bertz CT molecular complexity index is 1040. The number of hydrogen-bond acceptors (Lipinski definition) is 7. The summed E-state index contributed by atoms with van der Waals surface area (Å²) in [5.41, 5.74) is -0.211. The lowest BCUT2D eigenvalue weighted by Crippen LogP contribution is -2.05. The third-order valence-electron chi connectivity index (χ3n) is 3.23. The molecule has 0 amide bonds. The second kappa shape index (κ2) is 6.32. The molecule has 2 aromatic heterocycles. The molecule has 2 heterocycles. The average molecular weight is 363 g/mol. The third-order valence-corrected chi connectivity index (χ3v) is 5.02. The first kappa shape index (κ1) is 16.6. The number of rotatable bonds is 5. The number of carbonyl (C=O) groups is 1. The smallest absolute Gasteiger partial charge is 0.226 e. The second-order valence-electron chi connectivity index (χ2n) is 4.83. The van der Waals surface area contributed by atoms with Crippen molar-refractivity contribution in [3.8, 4) is 0 Å². The van der Waals surface area contributed by atoms with E-state index >= 15 is 0 Å². The van der Waals surface area contributed by atoms with E-state index in [0.717, 1.165) is 49.2 Å². The predicted molar refractivity (Wildman–Crippen MR) is 81.9 cm³/mol. The van der Waals surface area contributed by atoms with Crippen molar-refractivity contribution in [3.05, 3.63) is 66.4 Å². The predicted octanol–water partition coefficient (Wildman–Crippen LogP) is 2.15. The van der Waals surface area contributed by atoms with Crippen LogP contribution < -0.4 is 0 Å². The molecular weight excluding hydrogens is 353 g/mol. The number of nitrogens with zero attached hydrogens (tertiary/aromatic N) is 2. The minimum Gasteiger partial charge on any atom is -0.507 e. The van der Waals surface area contributed by atoms with E-state index in [4.69, 9.17) is 4.42 Å². The maximum Gasteiger partial charge on any atom is 0.226 e. The van der Waals surface area contributed by atoms with Crippen LogP contribution in [0, 0.1) is 5.82 Å². The van der Waals surface area contributed by atoms with E-state index in [0.29, 0.717) is 0 Å². The number of aliphatic hydroxyl groups is 1. The zero-order chi connectivity index (χ0) is 18.0. The highest BCUT2D eigenvalue weighted by molar-refractivity contribution is 7.91. The molecule has 25 heavy (non-hydrogen) atoms. The zero-order valence-electron chi connectivity index (χ0n) is 12.4. The number of allylic oxidation sites excluding steroid dienone is 1. The molecule has 8 nitrogen and oxygen atoms in total. The summed E-state index contributed by atoms with van der Waals surface area (Å²) < 4.78 is 43.1. The summed E-state index contributed by atoms with van der Waals surface area (Å²) in [7, 11) is -4.09. The Labute approximate surface area is 140 Å². The summed E-state index contributed by atoms with van der Waals surface area (Å²) in [5, 5.41) is 15.9. The van der Waals surface area contributed by atoms with Crippen LogP contribution in [-0.2, 0) is 9.84 Å². The van der Waals surface area contributed by atoms with Crippen LogP contribution in [0.1, 0.15) is 16.2 Å². The fraction of sp³-hybridized carbons (Fsp3) is 0. The van der Waals surface area contributed by atoms with Crippen LogP contribution in [0.5, 0.6) is 0 Å². The van der Waals surface area contributed by atoms with E-state index in [1.165, 1.54) is 0 Å². The Balaban J connectivity index is 2.00. The van der Waals surface area contributed by atoms with Gasteiger partial charge in [-0.2, -0.15) is 5.10 Å². The molecule has 0 saturated heterocycles. The number of aromatic nitrogens is 3. The second-order valence-corrected chi connectivity index (χ2v) is 6.75.